The molecular weight excluding hydrogens is 314 g/mol. The van der Waals surface area contributed by atoms with E-state index >= 15 is 0 Å². The second-order valence-corrected chi connectivity index (χ2v) is 7.29. The standard InChI is InChI=1S/C13H18BrNO2S/c14-12-5-4-11(18-12)10(8-13(16)17)9-15-6-2-1-3-7-15/h4-5,10H,1-3,6-9H2,(H,16,17). The molecule has 0 amide bonds. The van der Waals surface area contributed by atoms with Gasteiger partial charge in [0, 0.05) is 17.3 Å². The predicted molar refractivity (Wildman–Crippen MR) is 77.3 cm³/mol. The quantitative estimate of drug-likeness (QED) is 0.896. The third-order valence-corrected chi connectivity index (χ3v) is 5.13. The van der Waals surface area contributed by atoms with Gasteiger partial charge in [-0.1, -0.05) is 6.42 Å². The molecule has 1 aliphatic heterocycles. The minimum Gasteiger partial charge on any atom is -0.481 e. The molecule has 1 N–H and O–H groups in total. The Morgan fingerprint density at radius 3 is 2.67 bits per heavy atom. The summed E-state index contributed by atoms with van der Waals surface area (Å²) in [4.78, 5) is 14.6. The molecule has 0 aromatic carbocycles. The number of hydrogen-bond acceptors (Lipinski definition) is 3. The average Bonchev–Trinajstić information content (AvgIpc) is 2.76. The number of carbonyl (C=O) groups is 1. The van der Waals surface area contributed by atoms with Gasteiger partial charge in [0.25, 0.3) is 0 Å². The van der Waals surface area contributed by atoms with Crippen LogP contribution in [0.3, 0.4) is 0 Å². The second-order valence-electron chi connectivity index (χ2n) is 4.80. The highest BCUT2D eigenvalue weighted by Gasteiger charge is 2.21. The largest absolute Gasteiger partial charge is 0.481 e. The Hall–Kier alpha value is -0.390. The van der Waals surface area contributed by atoms with E-state index in [1.54, 1.807) is 11.3 Å². The maximum absolute atomic E-state index is 11.0. The lowest BCUT2D eigenvalue weighted by atomic mass is 10.0. The number of piperidine rings is 1. The van der Waals surface area contributed by atoms with Gasteiger partial charge >= 0.3 is 5.97 Å². The Morgan fingerprint density at radius 2 is 2.11 bits per heavy atom. The van der Waals surface area contributed by atoms with Crippen molar-refractivity contribution in [3.63, 3.8) is 0 Å². The van der Waals surface area contributed by atoms with E-state index in [9.17, 15) is 4.79 Å². The van der Waals surface area contributed by atoms with Crippen molar-refractivity contribution in [3.05, 3.63) is 20.8 Å². The first-order valence-corrected chi connectivity index (χ1v) is 7.95. The first-order chi connectivity index (χ1) is 8.65. The summed E-state index contributed by atoms with van der Waals surface area (Å²) in [5, 5.41) is 9.06. The summed E-state index contributed by atoms with van der Waals surface area (Å²) in [6, 6.07) is 4.05. The van der Waals surface area contributed by atoms with E-state index in [1.165, 1.54) is 24.1 Å². The summed E-state index contributed by atoms with van der Waals surface area (Å²) in [6.07, 6.45) is 4.02. The van der Waals surface area contributed by atoms with Gasteiger partial charge in [-0.2, -0.15) is 0 Å². The zero-order valence-corrected chi connectivity index (χ0v) is 12.7. The molecule has 2 heterocycles. The van der Waals surface area contributed by atoms with Crippen molar-refractivity contribution in [1.82, 2.24) is 4.90 Å². The summed E-state index contributed by atoms with van der Waals surface area (Å²) in [7, 11) is 0. The molecule has 0 radical (unpaired) electrons. The average molecular weight is 332 g/mol. The third-order valence-electron chi connectivity index (χ3n) is 3.34. The summed E-state index contributed by atoms with van der Waals surface area (Å²) >= 11 is 5.10. The van der Waals surface area contributed by atoms with Crippen LogP contribution >= 0.6 is 27.3 Å². The zero-order chi connectivity index (χ0) is 13.0. The third kappa shape index (κ3) is 4.07. The molecule has 1 unspecified atom stereocenters. The minimum absolute atomic E-state index is 0.122. The predicted octanol–water partition coefficient (Wildman–Crippen LogP) is 3.55. The number of aliphatic carboxylic acids is 1. The van der Waals surface area contributed by atoms with Crippen molar-refractivity contribution in [2.24, 2.45) is 0 Å². The van der Waals surface area contributed by atoms with Gasteiger partial charge in [0.1, 0.15) is 0 Å². The summed E-state index contributed by atoms with van der Waals surface area (Å²) in [6.45, 7) is 3.10. The topological polar surface area (TPSA) is 40.5 Å². The van der Waals surface area contributed by atoms with E-state index in [0.717, 1.165) is 23.4 Å². The maximum atomic E-state index is 11.0. The summed E-state index contributed by atoms with van der Waals surface area (Å²) < 4.78 is 1.08. The fraction of sp³-hybridized carbons (Fsp3) is 0.615. The fourth-order valence-electron chi connectivity index (χ4n) is 2.47. The van der Waals surface area contributed by atoms with Gasteiger partial charge in [-0.15, -0.1) is 11.3 Å². The van der Waals surface area contributed by atoms with Crippen molar-refractivity contribution < 1.29 is 9.90 Å². The smallest absolute Gasteiger partial charge is 0.304 e. The number of carboxylic acids is 1. The SMILES string of the molecule is O=C(O)CC(CN1CCCCC1)c1ccc(Br)s1. The molecule has 1 aliphatic rings. The van der Waals surface area contributed by atoms with Crippen molar-refractivity contribution in [1.29, 1.82) is 0 Å². The normalized spacial score (nSPS) is 18.7. The van der Waals surface area contributed by atoms with Crippen LogP contribution in [0.5, 0.6) is 0 Å². The van der Waals surface area contributed by atoms with Crippen LogP contribution in [0.25, 0.3) is 0 Å². The second kappa shape index (κ2) is 6.68. The maximum Gasteiger partial charge on any atom is 0.304 e. The summed E-state index contributed by atoms with van der Waals surface area (Å²) in [5.74, 6) is -0.585. The lowest BCUT2D eigenvalue weighted by Crippen LogP contribution is -2.33. The van der Waals surface area contributed by atoms with Crippen molar-refractivity contribution in [2.75, 3.05) is 19.6 Å². The first kappa shape index (κ1) is 14.0. The summed E-state index contributed by atoms with van der Waals surface area (Å²) in [5.41, 5.74) is 0. The van der Waals surface area contributed by atoms with E-state index in [2.05, 4.69) is 20.8 Å². The fourth-order valence-corrected chi connectivity index (χ4v) is 3.98. The molecule has 1 aromatic heterocycles. The highest BCUT2D eigenvalue weighted by Crippen LogP contribution is 2.31. The molecule has 0 aliphatic carbocycles. The number of hydrogen-bond donors (Lipinski definition) is 1. The highest BCUT2D eigenvalue weighted by molar-refractivity contribution is 9.11. The van der Waals surface area contributed by atoms with E-state index in [4.69, 9.17) is 5.11 Å². The van der Waals surface area contributed by atoms with Crippen molar-refractivity contribution in [2.45, 2.75) is 31.6 Å². The molecule has 3 nitrogen and oxygen atoms in total. The van der Waals surface area contributed by atoms with Crippen LogP contribution in [0, 0.1) is 0 Å². The van der Waals surface area contributed by atoms with E-state index < -0.39 is 5.97 Å². The molecule has 100 valence electrons. The van der Waals surface area contributed by atoms with Crippen LogP contribution in [0.2, 0.25) is 0 Å². The molecule has 0 saturated carbocycles. The Labute approximate surface area is 120 Å². The van der Waals surface area contributed by atoms with E-state index in [1.807, 2.05) is 12.1 Å². The van der Waals surface area contributed by atoms with Crippen LogP contribution in [0.15, 0.2) is 15.9 Å². The molecule has 2 rings (SSSR count). The molecule has 5 heteroatoms. The van der Waals surface area contributed by atoms with E-state index in [0.29, 0.717) is 0 Å². The number of likely N-dealkylation sites (tertiary alicyclic amines) is 1. The van der Waals surface area contributed by atoms with Crippen LogP contribution in [-0.2, 0) is 4.79 Å². The zero-order valence-electron chi connectivity index (χ0n) is 10.3. The molecule has 1 saturated heterocycles. The Kier molecular flexibility index (Phi) is 5.21. The molecule has 1 aromatic rings. The molecular formula is C13H18BrNO2S. The first-order valence-electron chi connectivity index (χ1n) is 6.34. The number of rotatable bonds is 5. The van der Waals surface area contributed by atoms with E-state index in [-0.39, 0.29) is 12.3 Å². The number of thiophene rings is 1. The lowest BCUT2D eigenvalue weighted by Gasteiger charge is -2.29. The van der Waals surface area contributed by atoms with Gasteiger partial charge in [-0.25, -0.2) is 0 Å². The van der Waals surface area contributed by atoms with Crippen molar-refractivity contribution >= 4 is 33.2 Å². The van der Waals surface area contributed by atoms with Crippen LogP contribution < -0.4 is 0 Å². The monoisotopic (exact) mass is 331 g/mol. The Balaban J connectivity index is 2.02. The molecule has 18 heavy (non-hydrogen) atoms. The molecule has 1 fully saturated rings. The van der Waals surface area contributed by atoms with Crippen LogP contribution in [0.1, 0.15) is 36.5 Å². The molecule has 1 atom stereocenters. The number of nitrogens with zero attached hydrogens (tertiary/aromatic N) is 1. The highest BCUT2D eigenvalue weighted by atomic mass is 79.9. The number of carboxylic acid groups (broad SMARTS) is 1. The van der Waals surface area contributed by atoms with Crippen LogP contribution in [0.4, 0.5) is 0 Å². The van der Waals surface area contributed by atoms with Crippen LogP contribution in [-0.4, -0.2) is 35.6 Å². The lowest BCUT2D eigenvalue weighted by molar-refractivity contribution is -0.137. The minimum atomic E-state index is -0.707. The van der Waals surface area contributed by atoms with Gasteiger partial charge in [0.2, 0.25) is 0 Å². The van der Waals surface area contributed by atoms with Gasteiger partial charge < -0.3 is 10.0 Å². The molecule has 0 spiro atoms. The Bertz CT molecular complexity index is 401. The van der Waals surface area contributed by atoms with Gasteiger partial charge in [-0.3, -0.25) is 4.79 Å². The Morgan fingerprint density at radius 1 is 1.39 bits per heavy atom. The number of halogens is 1. The van der Waals surface area contributed by atoms with Gasteiger partial charge in [0.05, 0.1) is 10.2 Å². The van der Waals surface area contributed by atoms with Crippen molar-refractivity contribution in [3.8, 4) is 0 Å². The molecule has 0 bridgehead atoms. The van der Waals surface area contributed by atoms with Gasteiger partial charge in [-0.05, 0) is 54.0 Å². The van der Waals surface area contributed by atoms with Gasteiger partial charge in [0.15, 0.2) is 0 Å².